The zero-order valence-electron chi connectivity index (χ0n) is 11.4. The van der Waals surface area contributed by atoms with Crippen LogP contribution in [0.15, 0.2) is 42.5 Å². The Morgan fingerprint density at radius 2 is 2.10 bits per heavy atom. The minimum absolute atomic E-state index is 0.570. The zero-order valence-corrected chi connectivity index (χ0v) is 11.4. The van der Waals surface area contributed by atoms with Crippen LogP contribution in [0.3, 0.4) is 0 Å². The van der Waals surface area contributed by atoms with Gasteiger partial charge < -0.3 is 15.8 Å². The number of nitrogen functional groups attached to an aromatic ring is 1. The highest BCUT2D eigenvalue weighted by Gasteiger charge is 2.01. The van der Waals surface area contributed by atoms with Crippen molar-refractivity contribution >= 4 is 11.4 Å². The average molecular weight is 267 g/mol. The van der Waals surface area contributed by atoms with Gasteiger partial charge in [-0.2, -0.15) is 5.26 Å². The summed E-state index contributed by atoms with van der Waals surface area (Å²) < 4.78 is 5.19. The van der Waals surface area contributed by atoms with Gasteiger partial charge in [0.2, 0.25) is 0 Å². The van der Waals surface area contributed by atoms with Gasteiger partial charge in [-0.25, -0.2) is 0 Å². The number of nitriles is 1. The lowest BCUT2D eigenvalue weighted by Gasteiger charge is -2.10. The molecule has 0 aliphatic rings. The number of nitrogens with two attached hydrogens (primary N) is 1. The lowest BCUT2D eigenvalue weighted by atomic mass is 10.1. The van der Waals surface area contributed by atoms with Crippen molar-refractivity contribution in [3.63, 3.8) is 0 Å². The Morgan fingerprint density at radius 3 is 2.80 bits per heavy atom. The van der Waals surface area contributed by atoms with Crippen molar-refractivity contribution in [3.05, 3.63) is 53.6 Å². The van der Waals surface area contributed by atoms with Crippen LogP contribution in [-0.2, 0) is 6.42 Å². The molecule has 4 heteroatoms. The second-order valence-electron chi connectivity index (χ2n) is 4.44. The van der Waals surface area contributed by atoms with Crippen LogP contribution >= 0.6 is 0 Å². The largest absolute Gasteiger partial charge is 0.497 e. The van der Waals surface area contributed by atoms with Crippen LogP contribution in [0.5, 0.6) is 5.75 Å². The number of ether oxygens (including phenoxy) is 1. The highest BCUT2D eigenvalue weighted by Crippen LogP contribution is 2.19. The van der Waals surface area contributed by atoms with Crippen LogP contribution in [-0.4, -0.2) is 13.7 Å². The molecule has 2 rings (SSSR count). The fraction of sp³-hybridized carbons (Fsp3) is 0.188. The van der Waals surface area contributed by atoms with Gasteiger partial charge in [-0.1, -0.05) is 12.1 Å². The Kier molecular flexibility index (Phi) is 4.46. The Balaban J connectivity index is 1.94. The van der Waals surface area contributed by atoms with E-state index in [1.54, 1.807) is 19.2 Å². The van der Waals surface area contributed by atoms with Crippen LogP contribution < -0.4 is 15.8 Å². The van der Waals surface area contributed by atoms with Crippen molar-refractivity contribution in [1.29, 1.82) is 5.26 Å². The highest BCUT2D eigenvalue weighted by atomic mass is 16.5. The Hall–Kier alpha value is -2.67. The summed E-state index contributed by atoms with van der Waals surface area (Å²) >= 11 is 0. The van der Waals surface area contributed by atoms with Crippen LogP contribution in [0, 0.1) is 11.3 Å². The second-order valence-corrected chi connectivity index (χ2v) is 4.44. The summed E-state index contributed by atoms with van der Waals surface area (Å²) in [5, 5.41) is 12.1. The van der Waals surface area contributed by atoms with E-state index in [0.717, 1.165) is 24.4 Å². The van der Waals surface area contributed by atoms with E-state index < -0.39 is 0 Å². The van der Waals surface area contributed by atoms with Crippen molar-refractivity contribution in [3.8, 4) is 11.8 Å². The number of methoxy groups -OCH3 is 1. The number of rotatable bonds is 5. The SMILES string of the molecule is COc1cccc(CCNc2ccc(C#N)cc2N)c1. The first-order valence-electron chi connectivity index (χ1n) is 6.39. The molecule has 102 valence electrons. The number of nitrogens with one attached hydrogen (secondary N) is 1. The van der Waals surface area contributed by atoms with Gasteiger partial charge in [0.15, 0.2) is 0 Å². The van der Waals surface area contributed by atoms with Crippen LogP contribution in [0.25, 0.3) is 0 Å². The van der Waals surface area contributed by atoms with Gasteiger partial charge in [0.05, 0.1) is 30.1 Å². The van der Waals surface area contributed by atoms with E-state index in [0.29, 0.717) is 11.3 Å². The molecule has 0 saturated heterocycles. The average Bonchev–Trinajstić information content (AvgIpc) is 2.49. The molecule has 20 heavy (non-hydrogen) atoms. The summed E-state index contributed by atoms with van der Waals surface area (Å²) in [6, 6.07) is 15.3. The van der Waals surface area contributed by atoms with Crippen LogP contribution in [0.1, 0.15) is 11.1 Å². The molecule has 0 saturated carbocycles. The summed E-state index contributed by atoms with van der Waals surface area (Å²) in [5.74, 6) is 0.861. The lowest BCUT2D eigenvalue weighted by molar-refractivity contribution is 0.414. The zero-order chi connectivity index (χ0) is 14.4. The number of hydrogen-bond donors (Lipinski definition) is 2. The van der Waals surface area contributed by atoms with E-state index in [1.165, 1.54) is 5.56 Å². The summed E-state index contributed by atoms with van der Waals surface area (Å²) in [6.07, 6.45) is 0.872. The van der Waals surface area contributed by atoms with Crippen molar-refractivity contribution in [2.45, 2.75) is 6.42 Å². The first-order chi connectivity index (χ1) is 9.72. The molecule has 0 amide bonds. The van der Waals surface area contributed by atoms with Crippen LogP contribution in [0.4, 0.5) is 11.4 Å². The van der Waals surface area contributed by atoms with Crippen LogP contribution in [0.2, 0.25) is 0 Å². The van der Waals surface area contributed by atoms with Crippen molar-refractivity contribution in [2.24, 2.45) is 0 Å². The van der Waals surface area contributed by atoms with Crippen molar-refractivity contribution in [2.75, 3.05) is 24.7 Å². The smallest absolute Gasteiger partial charge is 0.119 e. The fourth-order valence-corrected chi connectivity index (χ4v) is 1.96. The summed E-state index contributed by atoms with van der Waals surface area (Å²) in [7, 11) is 1.66. The van der Waals surface area contributed by atoms with Gasteiger partial charge >= 0.3 is 0 Å². The molecule has 0 aliphatic carbocycles. The third-order valence-corrected chi connectivity index (χ3v) is 3.04. The number of anilines is 2. The molecule has 0 heterocycles. The molecular formula is C16H17N3O. The van der Waals surface area contributed by atoms with Crippen molar-refractivity contribution in [1.82, 2.24) is 0 Å². The highest BCUT2D eigenvalue weighted by molar-refractivity contribution is 5.68. The first-order valence-corrected chi connectivity index (χ1v) is 6.39. The molecule has 0 radical (unpaired) electrons. The third-order valence-electron chi connectivity index (χ3n) is 3.04. The standard InChI is InChI=1S/C16H17N3O/c1-20-14-4-2-3-12(9-14)7-8-19-16-6-5-13(11-17)10-15(16)18/h2-6,9-10,19H,7-8,18H2,1H3. The minimum atomic E-state index is 0.570. The molecule has 2 aromatic carbocycles. The number of benzene rings is 2. The van der Waals surface area contributed by atoms with E-state index in [2.05, 4.69) is 17.5 Å². The summed E-state index contributed by atoms with van der Waals surface area (Å²) in [4.78, 5) is 0. The molecule has 0 spiro atoms. The fourth-order valence-electron chi connectivity index (χ4n) is 1.96. The van der Waals surface area contributed by atoms with Gasteiger partial charge in [-0.3, -0.25) is 0 Å². The van der Waals surface area contributed by atoms with E-state index in [1.807, 2.05) is 24.3 Å². The molecule has 0 atom stereocenters. The Labute approximate surface area is 118 Å². The molecular weight excluding hydrogens is 250 g/mol. The predicted molar refractivity (Wildman–Crippen MR) is 80.8 cm³/mol. The number of hydrogen-bond acceptors (Lipinski definition) is 4. The quantitative estimate of drug-likeness (QED) is 0.817. The molecule has 0 bridgehead atoms. The predicted octanol–water partition coefficient (Wildman–Crippen LogP) is 2.80. The molecule has 0 aliphatic heterocycles. The van der Waals surface area contributed by atoms with E-state index in [-0.39, 0.29) is 0 Å². The first kappa shape index (κ1) is 13.8. The van der Waals surface area contributed by atoms with E-state index in [9.17, 15) is 0 Å². The Bertz CT molecular complexity index is 632. The second kappa shape index (κ2) is 6.48. The summed E-state index contributed by atoms with van der Waals surface area (Å²) in [6.45, 7) is 0.767. The maximum Gasteiger partial charge on any atom is 0.119 e. The maximum atomic E-state index is 8.79. The normalized spacial score (nSPS) is 9.80. The molecule has 0 aromatic heterocycles. The van der Waals surface area contributed by atoms with Gasteiger partial charge in [0.1, 0.15) is 5.75 Å². The molecule has 3 N–H and O–H groups in total. The van der Waals surface area contributed by atoms with Gasteiger partial charge in [0.25, 0.3) is 0 Å². The maximum absolute atomic E-state index is 8.79. The van der Waals surface area contributed by atoms with Gasteiger partial charge in [-0.05, 0) is 42.3 Å². The Morgan fingerprint density at radius 1 is 1.25 bits per heavy atom. The third kappa shape index (κ3) is 3.42. The molecule has 2 aromatic rings. The van der Waals surface area contributed by atoms with Gasteiger partial charge in [-0.15, -0.1) is 0 Å². The van der Waals surface area contributed by atoms with E-state index >= 15 is 0 Å². The minimum Gasteiger partial charge on any atom is -0.497 e. The molecule has 0 fully saturated rings. The topological polar surface area (TPSA) is 71.1 Å². The molecule has 0 unspecified atom stereocenters. The number of nitrogens with zero attached hydrogens (tertiary/aromatic N) is 1. The monoisotopic (exact) mass is 267 g/mol. The molecule has 4 nitrogen and oxygen atoms in total. The van der Waals surface area contributed by atoms with Gasteiger partial charge in [0, 0.05) is 6.54 Å². The summed E-state index contributed by atoms with van der Waals surface area (Å²) in [5.41, 5.74) is 9.10. The van der Waals surface area contributed by atoms with E-state index in [4.69, 9.17) is 15.7 Å². The van der Waals surface area contributed by atoms with Crippen molar-refractivity contribution < 1.29 is 4.74 Å². The lowest BCUT2D eigenvalue weighted by Crippen LogP contribution is -2.07.